The van der Waals surface area contributed by atoms with Gasteiger partial charge in [0.25, 0.3) is 0 Å². The van der Waals surface area contributed by atoms with E-state index in [1.807, 2.05) is 66.7 Å². The third-order valence-electron chi connectivity index (χ3n) is 7.44. The molecule has 1 aliphatic heterocycles. The largest absolute Gasteiger partial charge is 0.480 e. The predicted molar refractivity (Wildman–Crippen MR) is 143 cm³/mol. The van der Waals surface area contributed by atoms with Gasteiger partial charge < -0.3 is 20.5 Å². The van der Waals surface area contributed by atoms with E-state index in [0.717, 1.165) is 27.8 Å². The molecule has 1 heterocycles. The van der Waals surface area contributed by atoms with E-state index >= 15 is 0 Å². The van der Waals surface area contributed by atoms with E-state index in [-0.39, 0.29) is 19.1 Å². The van der Waals surface area contributed by atoms with E-state index in [4.69, 9.17) is 4.74 Å². The van der Waals surface area contributed by atoms with Crippen molar-refractivity contribution in [3.05, 3.63) is 95.6 Å². The van der Waals surface area contributed by atoms with Crippen LogP contribution >= 0.6 is 0 Å². The van der Waals surface area contributed by atoms with Crippen LogP contribution < -0.4 is 10.6 Å². The molecule has 0 bridgehead atoms. The molecule has 0 spiro atoms. The normalized spacial score (nSPS) is 19.3. The van der Waals surface area contributed by atoms with Crippen LogP contribution in [0.3, 0.4) is 0 Å². The van der Waals surface area contributed by atoms with Crippen LogP contribution in [0.15, 0.2) is 78.9 Å². The van der Waals surface area contributed by atoms with Crippen LogP contribution in [0.1, 0.15) is 36.0 Å². The van der Waals surface area contributed by atoms with E-state index in [2.05, 4.69) is 27.7 Å². The lowest BCUT2D eigenvalue weighted by atomic mass is 9.96. The molecule has 2 atom stereocenters. The lowest BCUT2D eigenvalue weighted by molar-refractivity contribution is -0.142. The second-order valence-corrected chi connectivity index (χ2v) is 10.0. The highest BCUT2D eigenvalue weighted by Gasteiger charge is 2.47. The summed E-state index contributed by atoms with van der Waals surface area (Å²) in [6.07, 6.45) is -0.367. The molecule has 38 heavy (non-hydrogen) atoms. The van der Waals surface area contributed by atoms with Gasteiger partial charge in [-0.25, -0.2) is 4.79 Å². The maximum Gasteiger partial charge on any atom is 0.408 e. The number of hydrogen-bond acceptors (Lipinski definition) is 5. The predicted octanol–water partition coefficient (Wildman–Crippen LogP) is 3.76. The van der Waals surface area contributed by atoms with Crippen LogP contribution in [0.25, 0.3) is 11.1 Å². The number of carbonyl (C=O) groups is 3. The molecule has 0 saturated carbocycles. The van der Waals surface area contributed by atoms with Crippen molar-refractivity contribution in [1.29, 1.82) is 0 Å². The van der Waals surface area contributed by atoms with Gasteiger partial charge in [-0.15, -0.1) is 0 Å². The molecule has 2 aliphatic rings. The number of hydrogen-bond donors (Lipinski definition) is 3. The Bertz CT molecular complexity index is 1300. The smallest absolute Gasteiger partial charge is 0.408 e. The highest BCUT2D eigenvalue weighted by Crippen LogP contribution is 2.44. The van der Waals surface area contributed by atoms with Crippen LogP contribution in [0.5, 0.6) is 0 Å². The minimum Gasteiger partial charge on any atom is -0.480 e. The van der Waals surface area contributed by atoms with Crippen molar-refractivity contribution in [2.24, 2.45) is 0 Å². The minimum atomic E-state index is -1.30. The summed E-state index contributed by atoms with van der Waals surface area (Å²) in [6.45, 7) is 2.93. The van der Waals surface area contributed by atoms with Gasteiger partial charge in [0.15, 0.2) is 0 Å². The van der Waals surface area contributed by atoms with E-state index in [9.17, 15) is 19.5 Å². The van der Waals surface area contributed by atoms with E-state index in [1.165, 1.54) is 6.92 Å². The van der Waals surface area contributed by atoms with Gasteiger partial charge in [0.05, 0.1) is 0 Å². The quantitative estimate of drug-likeness (QED) is 0.423. The summed E-state index contributed by atoms with van der Waals surface area (Å²) in [5.41, 5.74) is 4.23. The number of nitrogens with one attached hydrogen (secondary N) is 2. The molecular weight excluding hydrogens is 482 g/mol. The second kappa shape index (κ2) is 10.7. The molecule has 5 rings (SSSR count). The number of ether oxygens (including phenoxy) is 1. The first-order valence-corrected chi connectivity index (χ1v) is 12.8. The Balaban J connectivity index is 1.30. The molecule has 3 aromatic carbocycles. The highest BCUT2D eigenvalue weighted by molar-refractivity contribution is 5.93. The second-order valence-electron chi connectivity index (χ2n) is 10.0. The first-order chi connectivity index (χ1) is 18.4. The maximum atomic E-state index is 13.3. The number of carbonyl (C=O) groups excluding carboxylic acids is 2. The number of rotatable bonds is 8. The van der Waals surface area contributed by atoms with Crippen LogP contribution in [0.2, 0.25) is 0 Å². The Morgan fingerprint density at radius 3 is 2.21 bits per heavy atom. The number of likely N-dealkylation sites (tertiary alicyclic amines) is 1. The topological polar surface area (TPSA) is 108 Å². The zero-order chi connectivity index (χ0) is 26.7. The molecule has 8 nitrogen and oxygen atoms in total. The molecule has 196 valence electrons. The number of benzene rings is 3. The molecule has 1 unspecified atom stereocenters. The van der Waals surface area contributed by atoms with Crippen molar-refractivity contribution >= 4 is 18.0 Å². The number of alkyl carbamates (subject to hydrolysis) is 1. The van der Waals surface area contributed by atoms with Gasteiger partial charge in [-0.1, -0.05) is 78.9 Å². The van der Waals surface area contributed by atoms with Gasteiger partial charge in [0.2, 0.25) is 5.91 Å². The zero-order valence-electron chi connectivity index (χ0n) is 21.2. The number of carboxylic acids is 1. The number of fused-ring (bicyclic) bond motifs is 3. The molecule has 8 heteroatoms. The molecule has 1 fully saturated rings. The molecule has 3 N–H and O–H groups in total. The van der Waals surface area contributed by atoms with Crippen molar-refractivity contribution in [2.45, 2.75) is 37.4 Å². The average molecular weight is 514 g/mol. The Hall–Kier alpha value is -4.17. The first kappa shape index (κ1) is 25.5. The molecule has 0 radical (unpaired) electrons. The Morgan fingerprint density at radius 2 is 1.58 bits per heavy atom. The molecule has 3 aromatic rings. The van der Waals surface area contributed by atoms with Crippen molar-refractivity contribution < 1.29 is 24.2 Å². The summed E-state index contributed by atoms with van der Waals surface area (Å²) in [6, 6.07) is 24.9. The summed E-state index contributed by atoms with van der Waals surface area (Å²) in [5, 5.41) is 14.7. The lowest BCUT2D eigenvalue weighted by Gasteiger charge is -2.30. The Labute approximate surface area is 221 Å². The Kier molecular flexibility index (Phi) is 7.15. The van der Waals surface area contributed by atoms with Crippen molar-refractivity contribution in [3.8, 4) is 11.1 Å². The zero-order valence-corrected chi connectivity index (χ0v) is 21.2. The summed E-state index contributed by atoms with van der Waals surface area (Å²) < 4.78 is 5.72. The van der Waals surface area contributed by atoms with Gasteiger partial charge in [-0.05, 0) is 41.2 Å². The van der Waals surface area contributed by atoms with Gasteiger partial charge in [-0.3, -0.25) is 14.5 Å². The van der Waals surface area contributed by atoms with E-state index in [0.29, 0.717) is 19.5 Å². The fraction of sp³-hybridized carbons (Fsp3) is 0.300. The third kappa shape index (κ3) is 5.13. The number of aliphatic carboxylic acids is 1. The van der Waals surface area contributed by atoms with Gasteiger partial charge in [0.1, 0.15) is 18.2 Å². The van der Waals surface area contributed by atoms with Gasteiger partial charge in [0, 0.05) is 25.6 Å². The molecule has 0 aromatic heterocycles. The fourth-order valence-electron chi connectivity index (χ4n) is 5.44. The van der Waals surface area contributed by atoms with Crippen LogP contribution in [-0.2, 0) is 20.9 Å². The first-order valence-electron chi connectivity index (χ1n) is 12.8. The highest BCUT2D eigenvalue weighted by atomic mass is 16.5. The van der Waals surface area contributed by atoms with Crippen molar-refractivity contribution in [2.75, 3.05) is 19.7 Å². The SMILES string of the molecule is C[C@@H](NC(=O)C1(NC(=O)OCC2c3ccccc3-c3ccccc32)CCN(Cc2ccccc2)C1)C(=O)O. The van der Waals surface area contributed by atoms with E-state index < -0.39 is 29.6 Å². The average Bonchev–Trinajstić information content (AvgIpc) is 3.47. The molecule has 2 amide bonds. The lowest BCUT2D eigenvalue weighted by Crippen LogP contribution is -2.62. The number of carboxylic acid groups (broad SMARTS) is 1. The van der Waals surface area contributed by atoms with E-state index in [1.54, 1.807) is 0 Å². The van der Waals surface area contributed by atoms with Gasteiger partial charge >= 0.3 is 12.1 Å². The van der Waals surface area contributed by atoms with Crippen LogP contribution in [-0.4, -0.2) is 59.3 Å². The van der Waals surface area contributed by atoms with Crippen molar-refractivity contribution in [1.82, 2.24) is 15.5 Å². The summed E-state index contributed by atoms with van der Waals surface area (Å²) in [4.78, 5) is 39.9. The summed E-state index contributed by atoms with van der Waals surface area (Å²) >= 11 is 0. The molecule has 1 saturated heterocycles. The standard InChI is InChI=1S/C30H31N3O5/c1-20(27(34)35)31-28(36)30(15-16-33(19-30)17-21-9-3-2-4-10-21)32-29(37)38-18-26-24-13-7-5-11-22(24)23-12-6-8-14-25(23)26/h2-14,20,26H,15-19H2,1H3,(H,31,36)(H,32,37)(H,34,35)/t20-,30?/m1/s1. The minimum absolute atomic E-state index is 0.108. The number of nitrogens with zero attached hydrogens (tertiary/aromatic N) is 1. The van der Waals surface area contributed by atoms with Crippen LogP contribution in [0, 0.1) is 0 Å². The van der Waals surface area contributed by atoms with Gasteiger partial charge in [-0.2, -0.15) is 0 Å². The fourth-order valence-corrected chi connectivity index (χ4v) is 5.44. The van der Waals surface area contributed by atoms with Crippen LogP contribution in [0.4, 0.5) is 4.79 Å². The third-order valence-corrected chi connectivity index (χ3v) is 7.44. The Morgan fingerprint density at radius 1 is 0.974 bits per heavy atom. The number of amides is 2. The maximum absolute atomic E-state index is 13.3. The van der Waals surface area contributed by atoms with Crippen molar-refractivity contribution in [3.63, 3.8) is 0 Å². The monoisotopic (exact) mass is 513 g/mol. The summed E-state index contributed by atoms with van der Waals surface area (Å²) in [7, 11) is 0. The molecular formula is C30H31N3O5. The summed E-state index contributed by atoms with van der Waals surface area (Å²) in [5.74, 6) is -1.78. The molecule has 1 aliphatic carbocycles.